The molecule has 210 valence electrons. The number of hydrogen-bond donors (Lipinski definition) is 1. The Kier molecular flexibility index (Phi) is 7.78. The molecule has 0 amide bonds. The summed E-state index contributed by atoms with van der Waals surface area (Å²) in [5, 5.41) is 4.13. The molecule has 0 fully saturated rings. The van der Waals surface area contributed by atoms with Crippen LogP contribution in [0.1, 0.15) is 47.8 Å². The minimum atomic E-state index is -0.501. The van der Waals surface area contributed by atoms with Crippen molar-refractivity contribution < 1.29 is 23.4 Å². The molecule has 1 N–H and O–H groups in total. The topological polar surface area (TPSA) is 56.8 Å². The number of carbonyl (C=O) groups is 1. The van der Waals surface area contributed by atoms with Crippen LogP contribution in [0.25, 0.3) is 16.7 Å². The van der Waals surface area contributed by atoms with Gasteiger partial charge in [0, 0.05) is 39.5 Å². The first-order chi connectivity index (χ1) is 19.5. The van der Waals surface area contributed by atoms with Crippen LogP contribution in [0.2, 0.25) is 5.02 Å². The molecule has 5 rings (SSSR count). The summed E-state index contributed by atoms with van der Waals surface area (Å²) in [5.41, 5.74) is 6.74. The number of anilines is 1. The van der Waals surface area contributed by atoms with E-state index in [0.717, 1.165) is 39.1 Å². The quantitative estimate of drug-likeness (QED) is 0.177. The van der Waals surface area contributed by atoms with Crippen molar-refractivity contribution in [1.29, 1.82) is 0 Å². The monoisotopic (exact) mass is 571 g/mol. The van der Waals surface area contributed by atoms with Crippen LogP contribution in [0.3, 0.4) is 0 Å². The van der Waals surface area contributed by atoms with E-state index in [2.05, 4.69) is 32.2 Å². The highest BCUT2D eigenvalue weighted by Crippen LogP contribution is 2.43. The number of nitrogens with one attached hydrogen (secondary N) is 1. The summed E-state index contributed by atoms with van der Waals surface area (Å²) in [6.07, 6.45) is 2.19. The number of esters is 1. The van der Waals surface area contributed by atoms with E-state index in [1.807, 2.05) is 25.1 Å². The first-order valence-corrected chi connectivity index (χ1v) is 13.6. The molecule has 41 heavy (non-hydrogen) atoms. The van der Waals surface area contributed by atoms with E-state index in [9.17, 15) is 9.18 Å². The molecule has 0 aliphatic carbocycles. The van der Waals surface area contributed by atoms with Crippen LogP contribution in [0.15, 0.2) is 78.9 Å². The maximum atomic E-state index is 14.0. The molecule has 7 heteroatoms. The number of methoxy groups -OCH3 is 1. The van der Waals surface area contributed by atoms with E-state index in [0.29, 0.717) is 27.8 Å². The lowest BCUT2D eigenvalue weighted by atomic mass is 9.85. The zero-order valence-electron chi connectivity index (χ0n) is 23.6. The van der Waals surface area contributed by atoms with Crippen molar-refractivity contribution in [3.05, 3.63) is 112 Å². The summed E-state index contributed by atoms with van der Waals surface area (Å²) in [4.78, 5) is 12.7. The molecule has 0 saturated carbocycles. The second-order valence-electron chi connectivity index (χ2n) is 10.6. The van der Waals surface area contributed by atoms with Crippen molar-refractivity contribution in [2.75, 3.05) is 12.4 Å². The number of hydrogen-bond acceptors (Lipinski definition) is 5. The third-order valence-corrected chi connectivity index (χ3v) is 7.27. The van der Waals surface area contributed by atoms with Gasteiger partial charge in [-0.15, -0.1) is 0 Å². The van der Waals surface area contributed by atoms with E-state index < -0.39 is 5.97 Å². The molecule has 5 nitrogen and oxygen atoms in total. The summed E-state index contributed by atoms with van der Waals surface area (Å²) in [6.45, 7) is 8.41. The molecule has 4 aromatic carbocycles. The maximum absolute atomic E-state index is 14.0. The summed E-state index contributed by atoms with van der Waals surface area (Å²) < 4.78 is 31.7. The predicted octanol–water partition coefficient (Wildman–Crippen LogP) is 8.87. The number of aryl methyl sites for hydroxylation is 1. The number of ether oxygens (including phenoxy) is 3. The van der Waals surface area contributed by atoms with Crippen LogP contribution in [0.5, 0.6) is 17.2 Å². The van der Waals surface area contributed by atoms with Gasteiger partial charge in [0.15, 0.2) is 0 Å². The van der Waals surface area contributed by atoms with E-state index in [4.69, 9.17) is 25.8 Å². The van der Waals surface area contributed by atoms with Gasteiger partial charge >= 0.3 is 5.97 Å². The van der Waals surface area contributed by atoms with Crippen molar-refractivity contribution in [1.82, 2.24) is 0 Å². The van der Waals surface area contributed by atoms with Crippen LogP contribution < -0.4 is 19.5 Å². The van der Waals surface area contributed by atoms with Gasteiger partial charge in [-0.05, 0) is 92.9 Å². The number of rotatable bonds is 7. The summed E-state index contributed by atoms with van der Waals surface area (Å²) in [5.74, 6) is 0.497. The maximum Gasteiger partial charge on any atom is 0.343 e. The molecule has 0 aromatic heterocycles. The van der Waals surface area contributed by atoms with Gasteiger partial charge < -0.3 is 19.5 Å². The summed E-state index contributed by atoms with van der Waals surface area (Å²) in [7, 11) is 1.57. The van der Waals surface area contributed by atoms with Gasteiger partial charge in [0.25, 0.3) is 0 Å². The average Bonchev–Trinajstić information content (AvgIpc) is 2.93. The Morgan fingerprint density at radius 3 is 2.39 bits per heavy atom. The fourth-order valence-corrected chi connectivity index (χ4v) is 5.32. The Morgan fingerprint density at radius 1 is 0.927 bits per heavy atom. The van der Waals surface area contributed by atoms with Gasteiger partial charge in [0.2, 0.25) is 0 Å². The molecule has 1 aliphatic heterocycles. The zero-order valence-corrected chi connectivity index (χ0v) is 24.4. The van der Waals surface area contributed by atoms with E-state index in [1.54, 1.807) is 49.6 Å². The molecule has 1 heterocycles. The van der Waals surface area contributed by atoms with Crippen molar-refractivity contribution >= 4 is 28.8 Å². The SMILES string of the molecule is COc1cc(OC(=O)c2ccc(Cl)cc2)ccc1-c1ccc2c(c1COc1cc(F)ccc1C)C(C)=CC(C)(C)N2. The van der Waals surface area contributed by atoms with E-state index >= 15 is 0 Å². The van der Waals surface area contributed by atoms with Gasteiger partial charge in [-0.3, -0.25) is 0 Å². The highest BCUT2D eigenvalue weighted by Gasteiger charge is 2.27. The Balaban J connectivity index is 1.55. The Bertz CT molecular complexity index is 1660. The van der Waals surface area contributed by atoms with E-state index in [1.165, 1.54) is 12.1 Å². The third kappa shape index (κ3) is 6.08. The van der Waals surface area contributed by atoms with Crippen LogP contribution in [0, 0.1) is 12.7 Å². The fourth-order valence-electron chi connectivity index (χ4n) is 5.19. The van der Waals surface area contributed by atoms with Gasteiger partial charge in [-0.25, -0.2) is 9.18 Å². The number of fused-ring (bicyclic) bond motifs is 1. The third-order valence-electron chi connectivity index (χ3n) is 7.02. The van der Waals surface area contributed by atoms with Crippen LogP contribution >= 0.6 is 11.6 Å². The molecule has 0 bridgehead atoms. The lowest BCUT2D eigenvalue weighted by Crippen LogP contribution is -2.32. The second kappa shape index (κ2) is 11.3. The highest BCUT2D eigenvalue weighted by atomic mass is 35.5. The Hall–Kier alpha value is -4.29. The lowest BCUT2D eigenvalue weighted by Gasteiger charge is -2.33. The average molecular weight is 572 g/mol. The molecule has 4 aromatic rings. The first-order valence-electron chi connectivity index (χ1n) is 13.2. The largest absolute Gasteiger partial charge is 0.496 e. The van der Waals surface area contributed by atoms with Gasteiger partial charge in [-0.2, -0.15) is 0 Å². The lowest BCUT2D eigenvalue weighted by molar-refractivity contribution is 0.0734. The Labute approximate surface area is 244 Å². The standard InChI is InChI=1S/C34H31ClFNO4/c1-20-6-11-24(36)16-30(20)40-19-28-26(14-15-29-32(28)21(2)18-34(3,4)37-29)27-13-12-25(17-31(27)39-5)41-33(38)22-7-9-23(35)10-8-22/h6-18,37H,19H2,1-5H3. The number of allylic oxidation sites excluding steroid dienone is 1. The summed E-state index contributed by atoms with van der Waals surface area (Å²) in [6, 6.07) is 20.4. The summed E-state index contributed by atoms with van der Waals surface area (Å²) >= 11 is 5.94. The van der Waals surface area contributed by atoms with Crippen LogP contribution in [-0.4, -0.2) is 18.6 Å². The predicted molar refractivity (Wildman–Crippen MR) is 162 cm³/mol. The fraction of sp³-hybridized carbons (Fsp3) is 0.206. The van der Waals surface area contributed by atoms with Crippen molar-refractivity contribution in [2.45, 2.75) is 39.8 Å². The molecule has 0 atom stereocenters. The highest BCUT2D eigenvalue weighted by molar-refractivity contribution is 6.30. The molecule has 0 radical (unpaired) electrons. The first kappa shape index (κ1) is 28.2. The molecular weight excluding hydrogens is 541 g/mol. The second-order valence-corrected chi connectivity index (χ2v) is 11.1. The van der Waals surface area contributed by atoms with Crippen molar-refractivity contribution in [3.8, 4) is 28.4 Å². The van der Waals surface area contributed by atoms with Crippen LogP contribution in [-0.2, 0) is 6.61 Å². The molecule has 0 saturated heterocycles. The van der Waals surface area contributed by atoms with Gasteiger partial charge in [0.1, 0.15) is 29.7 Å². The van der Waals surface area contributed by atoms with Crippen molar-refractivity contribution in [3.63, 3.8) is 0 Å². The van der Waals surface area contributed by atoms with E-state index in [-0.39, 0.29) is 18.0 Å². The van der Waals surface area contributed by atoms with Gasteiger partial charge in [-0.1, -0.05) is 29.8 Å². The molecule has 1 aliphatic rings. The molecular formula is C34H31ClFNO4. The molecule has 0 unspecified atom stereocenters. The number of benzene rings is 4. The van der Waals surface area contributed by atoms with Gasteiger partial charge in [0.05, 0.1) is 18.2 Å². The number of halogens is 2. The Morgan fingerprint density at radius 2 is 1.66 bits per heavy atom. The zero-order chi connectivity index (χ0) is 29.3. The van der Waals surface area contributed by atoms with Crippen molar-refractivity contribution in [2.24, 2.45) is 0 Å². The van der Waals surface area contributed by atoms with Crippen LogP contribution in [0.4, 0.5) is 10.1 Å². The normalized spacial score (nSPS) is 13.5. The number of carbonyl (C=O) groups excluding carboxylic acids is 1. The minimum absolute atomic E-state index is 0.201. The minimum Gasteiger partial charge on any atom is -0.496 e. The smallest absolute Gasteiger partial charge is 0.343 e. The molecule has 0 spiro atoms.